The first-order valence-corrected chi connectivity index (χ1v) is 13.4. The predicted octanol–water partition coefficient (Wildman–Crippen LogP) is 6.37. The van der Waals surface area contributed by atoms with Crippen LogP contribution in [0, 0.1) is 11.3 Å². The maximum atomic E-state index is 6.78. The van der Waals surface area contributed by atoms with Crippen molar-refractivity contribution < 1.29 is 4.53 Å². The molecule has 30 heavy (non-hydrogen) atoms. The molecule has 0 N–H and O–H groups in total. The number of nitrogens with zero attached hydrogens (tertiary/aromatic N) is 1. The molecular formula is C26H36ClNOSi. The summed E-state index contributed by atoms with van der Waals surface area (Å²) in [7, 11) is -2.68. The van der Waals surface area contributed by atoms with Crippen molar-refractivity contribution in [2.75, 3.05) is 0 Å². The topological polar surface area (TPSA) is 21.6 Å². The van der Waals surface area contributed by atoms with Gasteiger partial charge in [-0.3, -0.25) is 0 Å². The van der Waals surface area contributed by atoms with Crippen molar-refractivity contribution in [1.82, 2.24) is 0 Å². The molecule has 1 aliphatic rings. The lowest BCUT2D eigenvalue weighted by atomic mass is 9.72. The van der Waals surface area contributed by atoms with E-state index in [1.165, 1.54) is 10.4 Å². The van der Waals surface area contributed by atoms with Gasteiger partial charge in [-0.25, -0.2) is 0 Å². The van der Waals surface area contributed by atoms with Crippen LogP contribution in [0.15, 0.2) is 65.8 Å². The minimum atomic E-state index is -2.68. The van der Waals surface area contributed by atoms with Gasteiger partial charge in [0.2, 0.25) is 0 Å². The Morgan fingerprint density at radius 1 is 0.833 bits per heavy atom. The van der Waals surface area contributed by atoms with Crippen molar-refractivity contribution >= 4 is 36.0 Å². The third kappa shape index (κ3) is 4.68. The summed E-state index contributed by atoms with van der Waals surface area (Å²) in [5, 5.41) is 7.21. The molecule has 2 atom stereocenters. The van der Waals surface area contributed by atoms with E-state index in [1.54, 1.807) is 0 Å². The maximum Gasteiger partial charge on any atom is 0.354 e. The van der Waals surface area contributed by atoms with Crippen molar-refractivity contribution in [3.63, 3.8) is 0 Å². The van der Waals surface area contributed by atoms with Crippen LogP contribution in [-0.4, -0.2) is 19.4 Å². The van der Waals surface area contributed by atoms with Crippen LogP contribution in [-0.2, 0) is 4.53 Å². The summed E-state index contributed by atoms with van der Waals surface area (Å²) < 4.78 is 6.78. The molecular weight excluding hydrogens is 406 g/mol. The van der Waals surface area contributed by atoms with Gasteiger partial charge < -0.3 is 4.53 Å². The van der Waals surface area contributed by atoms with Crippen LogP contribution >= 0.6 is 11.6 Å². The van der Waals surface area contributed by atoms with Gasteiger partial charge in [-0.05, 0) is 41.0 Å². The number of halogens is 1. The second-order valence-electron chi connectivity index (χ2n) is 10.6. The molecule has 1 fully saturated rings. The summed E-state index contributed by atoms with van der Waals surface area (Å²) in [4.78, 5) is 0. The van der Waals surface area contributed by atoms with Gasteiger partial charge in [-0.2, -0.15) is 0 Å². The SMILES string of the molecule is CC(C)(C)[C@H]1CC[C@H](Cl)/C(=N/O[Si](c2ccccc2)(c2ccccc2)C(C)(C)C)C1. The number of hydrogen-bond donors (Lipinski definition) is 0. The van der Waals surface area contributed by atoms with Gasteiger partial charge in [-0.15, -0.1) is 16.8 Å². The Kier molecular flexibility index (Phi) is 6.83. The molecule has 2 nitrogen and oxygen atoms in total. The average Bonchev–Trinajstić information content (AvgIpc) is 2.69. The molecule has 3 rings (SSSR count). The molecule has 2 aromatic rings. The predicted molar refractivity (Wildman–Crippen MR) is 133 cm³/mol. The summed E-state index contributed by atoms with van der Waals surface area (Å²) in [5.41, 5.74) is 1.26. The molecule has 4 heteroatoms. The molecule has 0 saturated heterocycles. The van der Waals surface area contributed by atoms with Gasteiger partial charge in [0.15, 0.2) is 0 Å². The lowest BCUT2D eigenvalue weighted by Gasteiger charge is -2.41. The maximum absolute atomic E-state index is 6.78. The van der Waals surface area contributed by atoms with E-state index in [0.29, 0.717) is 5.92 Å². The highest BCUT2D eigenvalue weighted by Gasteiger charge is 2.53. The molecule has 0 aromatic heterocycles. The monoisotopic (exact) mass is 441 g/mol. The smallest absolute Gasteiger partial charge is 0.354 e. The lowest BCUT2D eigenvalue weighted by Crippen LogP contribution is -2.66. The fourth-order valence-corrected chi connectivity index (χ4v) is 8.96. The highest BCUT2D eigenvalue weighted by Crippen LogP contribution is 2.40. The Bertz CT molecular complexity index is 813. The van der Waals surface area contributed by atoms with Gasteiger partial charge in [0.1, 0.15) is 0 Å². The number of alkyl halides is 1. The summed E-state index contributed by atoms with van der Waals surface area (Å²) in [5.74, 6) is 0.578. The normalized spacial score (nSPS) is 22.2. The number of benzene rings is 2. The zero-order valence-corrected chi connectivity index (χ0v) is 21.0. The van der Waals surface area contributed by atoms with Crippen molar-refractivity contribution in [3.05, 3.63) is 60.7 Å². The summed E-state index contributed by atoms with van der Waals surface area (Å²) in [6.45, 7) is 13.8. The van der Waals surface area contributed by atoms with Crippen LogP contribution in [0.3, 0.4) is 0 Å². The fourth-order valence-electron chi connectivity index (χ4n) is 4.58. The van der Waals surface area contributed by atoms with Crippen LogP contribution < -0.4 is 10.4 Å². The van der Waals surface area contributed by atoms with E-state index in [1.807, 2.05) is 0 Å². The van der Waals surface area contributed by atoms with Gasteiger partial charge in [-0.1, -0.05) is 102 Å². The Hall–Kier alpha value is -1.58. The Labute approximate surface area is 188 Å². The van der Waals surface area contributed by atoms with Crippen LogP contribution in [0.1, 0.15) is 60.8 Å². The molecule has 0 unspecified atom stereocenters. The van der Waals surface area contributed by atoms with E-state index in [4.69, 9.17) is 21.3 Å². The molecule has 0 amide bonds. The van der Waals surface area contributed by atoms with E-state index in [9.17, 15) is 0 Å². The molecule has 1 aliphatic carbocycles. The zero-order valence-electron chi connectivity index (χ0n) is 19.3. The van der Waals surface area contributed by atoms with Crippen LogP contribution in [0.25, 0.3) is 0 Å². The van der Waals surface area contributed by atoms with E-state index >= 15 is 0 Å². The second kappa shape index (κ2) is 8.88. The minimum Gasteiger partial charge on any atom is -0.443 e. The molecule has 1 saturated carbocycles. The number of rotatable bonds is 4. The third-order valence-electron chi connectivity index (χ3n) is 6.53. The quantitative estimate of drug-likeness (QED) is 0.306. The summed E-state index contributed by atoms with van der Waals surface area (Å²) >= 11 is 6.74. The van der Waals surface area contributed by atoms with E-state index in [0.717, 1.165) is 25.0 Å². The molecule has 162 valence electrons. The van der Waals surface area contributed by atoms with Crippen molar-refractivity contribution in [1.29, 1.82) is 0 Å². The van der Waals surface area contributed by atoms with Gasteiger partial charge in [0, 0.05) is 5.04 Å². The lowest BCUT2D eigenvalue weighted by molar-refractivity contribution is 0.216. The van der Waals surface area contributed by atoms with Crippen LogP contribution in [0.5, 0.6) is 0 Å². The van der Waals surface area contributed by atoms with Crippen molar-refractivity contribution in [2.24, 2.45) is 16.5 Å². The molecule has 0 spiro atoms. The summed E-state index contributed by atoms with van der Waals surface area (Å²) in [6.07, 6.45) is 3.03. The van der Waals surface area contributed by atoms with Gasteiger partial charge in [0.05, 0.1) is 11.1 Å². The molecule has 2 aromatic carbocycles. The average molecular weight is 442 g/mol. The molecule has 0 heterocycles. The van der Waals surface area contributed by atoms with E-state index in [2.05, 4.69) is 102 Å². The summed E-state index contributed by atoms with van der Waals surface area (Å²) in [6, 6.07) is 21.3. The Morgan fingerprint density at radius 3 is 1.77 bits per heavy atom. The highest BCUT2D eigenvalue weighted by molar-refractivity contribution is 6.99. The van der Waals surface area contributed by atoms with Gasteiger partial charge in [0.25, 0.3) is 0 Å². The fraction of sp³-hybridized carbons (Fsp3) is 0.500. The first-order chi connectivity index (χ1) is 14.1. The second-order valence-corrected chi connectivity index (χ2v) is 15.4. The Morgan fingerprint density at radius 2 is 1.33 bits per heavy atom. The highest BCUT2D eigenvalue weighted by atomic mass is 35.5. The molecule has 0 bridgehead atoms. The largest absolute Gasteiger partial charge is 0.443 e. The van der Waals surface area contributed by atoms with Gasteiger partial charge >= 0.3 is 8.32 Å². The first-order valence-electron chi connectivity index (χ1n) is 11.1. The van der Waals surface area contributed by atoms with Crippen LogP contribution in [0.4, 0.5) is 0 Å². The van der Waals surface area contributed by atoms with Crippen LogP contribution in [0.2, 0.25) is 5.04 Å². The zero-order chi connectivity index (χ0) is 22.0. The number of hydrogen-bond acceptors (Lipinski definition) is 2. The van der Waals surface area contributed by atoms with E-state index < -0.39 is 8.32 Å². The standard InChI is InChI=1S/C26H36ClNOSi/c1-25(2,3)20-17-18-23(27)24(19-20)28-29-30(26(4,5)6,21-13-9-7-10-14-21)22-15-11-8-12-16-22/h7-16,20,23H,17-19H2,1-6H3/b28-24+/t20-,23-/m0/s1. The van der Waals surface area contributed by atoms with Crippen molar-refractivity contribution in [2.45, 2.75) is 71.2 Å². The number of oxime groups is 1. The minimum absolute atomic E-state index is 0.0400. The van der Waals surface area contributed by atoms with E-state index in [-0.39, 0.29) is 15.8 Å². The first kappa shape index (κ1) is 23.1. The third-order valence-corrected chi connectivity index (χ3v) is 11.8. The molecule has 0 aliphatic heterocycles. The Balaban J connectivity index is 2.08. The van der Waals surface area contributed by atoms with Crippen molar-refractivity contribution in [3.8, 4) is 0 Å². The molecule has 0 radical (unpaired) electrons.